The van der Waals surface area contributed by atoms with E-state index in [9.17, 15) is 12.8 Å². The molecule has 0 N–H and O–H groups in total. The predicted octanol–water partition coefficient (Wildman–Crippen LogP) is 3.02. The molecular formula is C23H27FN4O2S. The van der Waals surface area contributed by atoms with Crippen molar-refractivity contribution in [3.63, 3.8) is 0 Å². The molecule has 0 aromatic heterocycles. The lowest BCUT2D eigenvalue weighted by molar-refractivity contribution is 0.0833. The van der Waals surface area contributed by atoms with E-state index in [1.54, 1.807) is 36.4 Å². The average molecular weight is 443 g/mol. The van der Waals surface area contributed by atoms with Gasteiger partial charge in [-0.3, -0.25) is 9.89 Å². The van der Waals surface area contributed by atoms with Crippen LogP contribution in [0.3, 0.4) is 0 Å². The van der Waals surface area contributed by atoms with Gasteiger partial charge in [-0.1, -0.05) is 30.7 Å². The molecule has 31 heavy (non-hydrogen) atoms. The maximum Gasteiger partial charge on any atom is 0.266 e. The molecule has 1 saturated carbocycles. The van der Waals surface area contributed by atoms with E-state index in [0.29, 0.717) is 25.1 Å². The zero-order chi connectivity index (χ0) is 21.4. The van der Waals surface area contributed by atoms with E-state index in [1.807, 2.05) is 0 Å². The fourth-order valence-electron chi connectivity index (χ4n) is 4.53. The molecule has 6 nitrogen and oxygen atoms in total. The molecule has 8 heteroatoms. The van der Waals surface area contributed by atoms with Gasteiger partial charge in [-0.15, -0.1) is 0 Å². The van der Waals surface area contributed by atoms with Gasteiger partial charge in [0.15, 0.2) is 0 Å². The van der Waals surface area contributed by atoms with Crippen LogP contribution < -0.4 is 0 Å². The van der Waals surface area contributed by atoms with E-state index in [-0.39, 0.29) is 10.7 Å². The van der Waals surface area contributed by atoms with Crippen molar-refractivity contribution in [2.45, 2.75) is 30.2 Å². The molecule has 2 aliphatic heterocycles. The summed E-state index contributed by atoms with van der Waals surface area (Å²) >= 11 is 0. The summed E-state index contributed by atoms with van der Waals surface area (Å²) in [4.78, 5) is 9.44. The molecule has 0 radical (unpaired) electrons. The fourth-order valence-corrected chi connectivity index (χ4v) is 5.98. The summed E-state index contributed by atoms with van der Waals surface area (Å²) < 4.78 is 41.4. The minimum absolute atomic E-state index is 0.251. The first-order chi connectivity index (χ1) is 15.0. The molecule has 2 aromatic rings. The van der Waals surface area contributed by atoms with Crippen molar-refractivity contribution < 1.29 is 12.8 Å². The van der Waals surface area contributed by atoms with Crippen LogP contribution in [0.4, 0.5) is 4.39 Å². The predicted molar refractivity (Wildman–Crippen MR) is 119 cm³/mol. The van der Waals surface area contributed by atoms with Gasteiger partial charge < -0.3 is 4.90 Å². The van der Waals surface area contributed by atoms with Crippen LogP contribution in [0.25, 0.3) is 11.1 Å². The van der Waals surface area contributed by atoms with Crippen molar-refractivity contribution in [3.05, 3.63) is 54.3 Å². The molecule has 0 bridgehead atoms. The summed E-state index contributed by atoms with van der Waals surface area (Å²) in [6, 6.07) is 13.7. The molecule has 1 saturated heterocycles. The molecule has 0 atom stereocenters. The van der Waals surface area contributed by atoms with E-state index in [4.69, 9.17) is 0 Å². The summed E-state index contributed by atoms with van der Waals surface area (Å²) in [6.07, 6.45) is 3.90. The number of guanidine groups is 1. The average Bonchev–Trinajstić information content (AvgIpc) is 3.25. The molecular weight excluding hydrogens is 415 g/mol. The number of aliphatic imine (C=N–C) groups is 1. The Morgan fingerprint density at radius 2 is 1.45 bits per heavy atom. The molecule has 1 aliphatic carbocycles. The number of benzene rings is 2. The van der Waals surface area contributed by atoms with E-state index in [1.165, 1.54) is 35.7 Å². The Bertz CT molecular complexity index is 1060. The fraction of sp³-hybridized carbons (Fsp3) is 0.435. The summed E-state index contributed by atoms with van der Waals surface area (Å²) in [6.45, 7) is 4.41. The number of rotatable bonds is 4. The normalized spacial score (nSPS) is 20.6. The first-order valence-corrected chi connectivity index (χ1v) is 12.4. The van der Waals surface area contributed by atoms with Crippen LogP contribution in [0.1, 0.15) is 19.3 Å². The minimum atomic E-state index is -3.68. The number of sulfonamides is 1. The molecule has 0 spiro atoms. The van der Waals surface area contributed by atoms with E-state index in [2.05, 4.69) is 14.8 Å². The van der Waals surface area contributed by atoms with Gasteiger partial charge in [0, 0.05) is 32.2 Å². The van der Waals surface area contributed by atoms with E-state index >= 15 is 0 Å². The first-order valence-electron chi connectivity index (χ1n) is 10.9. The maximum absolute atomic E-state index is 13.4. The smallest absolute Gasteiger partial charge is 0.266 e. The van der Waals surface area contributed by atoms with Gasteiger partial charge in [-0.25, -0.2) is 17.1 Å². The van der Waals surface area contributed by atoms with Gasteiger partial charge in [-0.05, 0) is 48.2 Å². The van der Waals surface area contributed by atoms with Crippen molar-refractivity contribution in [3.8, 4) is 11.1 Å². The number of nitrogens with zero attached hydrogens (tertiary/aromatic N) is 4. The van der Waals surface area contributed by atoms with Crippen molar-refractivity contribution >= 4 is 16.0 Å². The molecule has 5 rings (SSSR count). The second-order valence-corrected chi connectivity index (χ2v) is 10.3. The molecule has 3 aliphatic rings. The Hall–Kier alpha value is -2.45. The molecule has 2 fully saturated rings. The summed E-state index contributed by atoms with van der Waals surface area (Å²) in [7, 11) is -3.68. The van der Waals surface area contributed by atoms with Gasteiger partial charge in [-0.2, -0.15) is 0 Å². The first kappa shape index (κ1) is 20.5. The summed E-state index contributed by atoms with van der Waals surface area (Å²) in [5.41, 5.74) is 1.69. The second kappa shape index (κ2) is 8.24. The Morgan fingerprint density at radius 1 is 0.839 bits per heavy atom. The molecule has 0 amide bonds. The van der Waals surface area contributed by atoms with Crippen LogP contribution in [0.5, 0.6) is 0 Å². The van der Waals surface area contributed by atoms with Crippen molar-refractivity contribution in [1.82, 2.24) is 14.1 Å². The standard InChI is InChI=1S/C23H27FN4O2S/c24-20-8-4-18(5-9-20)19-6-10-22(11-7-19)31(29,30)28-13-12-25-23(28)27-16-14-26(15-17-27)21-2-1-3-21/h4-11,21H,1-3,12-17H2. The molecule has 0 unspecified atom stereocenters. The highest BCUT2D eigenvalue weighted by Gasteiger charge is 2.36. The van der Waals surface area contributed by atoms with Crippen LogP contribution in [0, 0.1) is 5.82 Å². The largest absolute Gasteiger partial charge is 0.339 e. The Labute approximate surface area is 183 Å². The maximum atomic E-state index is 13.4. The third-order valence-electron chi connectivity index (χ3n) is 6.59. The van der Waals surface area contributed by atoms with Gasteiger partial charge in [0.1, 0.15) is 5.82 Å². The lowest BCUT2D eigenvalue weighted by Crippen LogP contribution is -2.56. The van der Waals surface area contributed by atoms with E-state index in [0.717, 1.165) is 37.3 Å². The van der Waals surface area contributed by atoms with E-state index < -0.39 is 10.0 Å². The summed E-state index contributed by atoms with van der Waals surface area (Å²) in [5, 5.41) is 0. The zero-order valence-corrected chi connectivity index (χ0v) is 18.3. The van der Waals surface area contributed by atoms with Crippen LogP contribution in [0.15, 0.2) is 58.4 Å². The van der Waals surface area contributed by atoms with Gasteiger partial charge in [0.25, 0.3) is 10.0 Å². The third-order valence-corrected chi connectivity index (χ3v) is 8.38. The lowest BCUT2D eigenvalue weighted by Gasteiger charge is -2.44. The lowest BCUT2D eigenvalue weighted by atomic mass is 9.91. The molecule has 2 heterocycles. The number of hydrogen-bond donors (Lipinski definition) is 0. The Morgan fingerprint density at radius 3 is 2.03 bits per heavy atom. The van der Waals surface area contributed by atoms with Crippen LogP contribution >= 0.6 is 0 Å². The van der Waals surface area contributed by atoms with Crippen LogP contribution in [-0.2, 0) is 10.0 Å². The van der Waals surface area contributed by atoms with Crippen LogP contribution in [-0.4, -0.2) is 73.8 Å². The van der Waals surface area contributed by atoms with Crippen LogP contribution in [0.2, 0.25) is 0 Å². The van der Waals surface area contributed by atoms with Crippen molar-refractivity contribution in [2.75, 3.05) is 39.3 Å². The third kappa shape index (κ3) is 3.94. The highest BCUT2D eigenvalue weighted by molar-refractivity contribution is 7.89. The number of halogens is 1. The highest BCUT2D eigenvalue weighted by atomic mass is 32.2. The molecule has 2 aromatic carbocycles. The minimum Gasteiger partial charge on any atom is -0.339 e. The van der Waals surface area contributed by atoms with Crippen molar-refractivity contribution in [2.24, 2.45) is 4.99 Å². The summed E-state index contributed by atoms with van der Waals surface area (Å²) in [5.74, 6) is 0.285. The number of piperazine rings is 1. The Balaban J connectivity index is 1.30. The van der Waals surface area contributed by atoms with Gasteiger partial charge >= 0.3 is 0 Å². The number of hydrogen-bond acceptors (Lipinski definition) is 5. The zero-order valence-electron chi connectivity index (χ0n) is 17.5. The highest BCUT2D eigenvalue weighted by Crippen LogP contribution is 2.28. The van der Waals surface area contributed by atoms with Gasteiger partial charge in [0.2, 0.25) is 5.96 Å². The van der Waals surface area contributed by atoms with Crippen molar-refractivity contribution in [1.29, 1.82) is 0 Å². The SMILES string of the molecule is O=S(=O)(c1ccc(-c2ccc(F)cc2)cc1)N1CCN=C1N1CCN(C2CCC2)CC1. The second-order valence-electron chi connectivity index (χ2n) is 8.40. The quantitative estimate of drug-likeness (QED) is 0.731. The Kier molecular flexibility index (Phi) is 5.44. The van der Waals surface area contributed by atoms with Gasteiger partial charge in [0.05, 0.1) is 18.0 Å². The monoisotopic (exact) mass is 442 g/mol. The molecule has 164 valence electrons. The topological polar surface area (TPSA) is 56.2 Å².